The third kappa shape index (κ3) is 19.1. The summed E-state index contributed by atoms with van der Waals surface area (Å²) in [6.07, 6.45) is 21.7. The fraction of sp³-hybridized carbons (Fsp3) is 0.960. The molecule has 0 aromatic carbocycles. The second kappa shape index (κ2) is 22.1. The zero-order chi connectivity index (χ0) is 21.6. The minimum absolute atomic E-state index is 0.0419. The van der Waals surface area contributed by atoms with Crippen LogP contribution in [0.15, 0.2) is 0 Å². The molecule has 0 bridgehead atoms. The fourth-order valence-electron chi connectivity index (χ4n) is 3.83. The Morgan fingerprint density at radius 1 is 0.690 bits per heavy atom. The SMILES string of the molecule is CCCCCCCCCCCCCCCC(=O)NC(CO)C(O)CCCCCC. The van der Waals surface area contributed by atoms with E-state index in [-0.39, 0.29) is 12.5 Å². The molecule has 2 unspecified atom stereocenters. The largest absolute Gasteiger partial charge is 0.394 e. The third-order valence-corrected chi connectivity index (χ3v) is 5.87. The zero-order valence-corrected chi connectivity index (χ0v) is 19.6. The van der Waals surface area contributed by atoms with Gasteiger partial charge in [-0.25, -0.2) is 0 Å². The van der Waals surface area contributed by atoms with Gasteiger partial charge < -0.3 is 15.5 Å². The van der Waals surface area contributed by atoms with Crippen LogP contribution >= 0.6 is 0 Å². The summed E-state index contributed by atoms with van der Waals surface area (Å²) in [5.41, 5.74) is 0. The third-order valence-electron chi connectivity index (χ3n) is 5.87. The van der Waals surface area contributed by atoms with Gasteiger partial charge in [0.1, 0.15) is 0 Å². The van der Waals surface area contributed by atoms with Crippen molar-refractivity contribution in [1.29, 1.82) is 0 Å². The summed E-state index contributed by atoms with van der Waals surface area (Å²) in [7, 11) is 0. The van der Waals surface area contributed by atoms with Crippen molar-refractivity contribution >= 4 is 5.91 Å². The predicted molar refractivity (Wildman–Crippen MR) is 124 cm³/mol. The van der Waals surface area contributed by atoms with E-state index in [0.29, 0.717) is 12.8 Å². The second-order valence-corrected chi connectivity index (χ2v) is 8.77. The van der Waals surface area contributed by atoms with E-state index in [1.807, 2.05) is 0 Å². The molecule has 29 heavy (non-hydrogen) atoms. The van der Waals surface area contributed by atoms with Crippen molar-refractivity contribution in [1.82, 2.24) is 5.32 Å². The van der Waals surface area contributed by atoms with Crippen molar-refractivity contribution in [2.45, 2.75) is 148 Å². The van der Waals surface area contributed by atoms with E-state index < -0.39 is 12.1 Å². The smallest absolute Gasteiger partial charge is 0.220 e. The monoisotopic (exact) mass is 413 g/mol. The molecule has 0 saturated heterocycles. The zero-order valence-electron chi connectivity index (χ0n) is 19.6. The Morgan fingerprint density at radius 2 is 1.10 bits per heavy atom. The lowest BCUT2D eigenvalue weighted by atomic mass is 10.0. The number of hydrogen-bond acceptors (Lipinski definition) is 3. The first-order valence-corrected chi connectivity index (χ1v) is 12.7. The van der Waals surface area contributed by atoms with Crippen molar-refractivity contribution in [3.8, 4) is 0 Å². The van der Waals surface area contributed by atoms with Crippen LogP contribution in [-0.2, 0) is 4.79 Å². The molecule has 0 fully saturated rings. The lowest BCUT2D eigenvalue weighted by molar-refractivity contribution is -0.123. The molecule has 2 atom stereocenters. The highest BCUT2D eigenvalue weighted by Gasteiger charge is 2.19. The van der Waals surface area contributed by atoms with Crippen molar-refractivity contribution in [2.75, 3.05) is 6.61 Å². The first-order valence-electron chi connectivity index (χ1n) is 12.7. The average Bonchev–Trinajstić information content (AvgIpc) is 2.72. The van der Waals surface area contributed by atoms with Crippen LogP contribution in [-0.4, -0.2) is 34.9 Å². The highest BCUT2D eigenvalue weighted by Crippen LogP contribution is 2.13. The number of nitrogens with one attached hydrogen (secondary N) is 1. The summed E-state index contributed by atoms with van der Waals surface area (Å²) in [5, 5.41) is 22.4. The number of aliphatic hydroxyl groups excluding tert-OH is 2. The molecule has 0 heterocycles. The van der Waals surface area contributed by atoms with Crippen LogP contribution in [0.4, 0.5) is 0 Å². The van der Waals surface area contributed by atoms with Crippen LogP contribution in [0.1, 0.15) is 136 Å². The molecule has 4 nitrogen and oxygen atoms in total. The molecule has 0 aromatic rings. The summed E-state index contributed by atoms with van der Waals surface area (Å²) < 4.78 is 0. The molecule has 0 aromatic heterocycles. The Kier molecular flexibility index (Phi) is 21.6. The van der Waals surface area contributed by atoms with Crippen LogP contribution in [0, 0.1) is 0 Å². The maximum Gasteiger partial charge on any atom is 0.220 e. The lowest BCUT2D eigenvalue weighted by Gasteiger charge is -2.22. The van der Waals surface area contributed by atoms with Crippen molar-refractivity contribution in [3.63, 3.8) is 0 Å². The molecule has 0 spiro atoms. The summed E-state index contributed by atoms with van der Waals surface area (Å²) in [4.78, 5) is 12.1. The maximum atomic E-state index is 12.1. The molecular formula is C25H51NO3. The summed E-state index contributed by atoms with van der Waals surface area (Å²) in [5.74, 6) is -0.0419. The highest BCUT2D eigenvalue weighted by molar-refractivity contribution is 5.76. The highest BCUT2D eigenvalue weighted by atomic mass is 16.3. The van der Waals surface area contributed by atoms with Crippen LogP contribution in [0.3, 0.4) is 0 Å². The number of aliphatic hydroxyl groups is 2. The number of rotatable bonds is 22. The van der Waals surface area contributed by atoms with E-state index in [2.05, 4.69) is 19.2 Å². The standard InChI is InChI=1S/C25H51NO3/c1-3-5-7-9-10-11-12-13-14-15-16-17-19-21-25(29)26-23(22-27)24(28)20-18-8-6-4-2/h23-24,27-28H,3-22H2,1-2H3,(H,26,29). The Balaban J connectivity index is 3.53. The summed E-state index contributed by atoms with van der Waals surface area (Å²) >= 11 is 0. The van der Waals surface area contributed by atoms with Gasteiger partial charge in [0.05, 0.1) is 18.8 Å². The summed E-state index contributed by atoms with van der Waals surface area (Å²) in [6.45, 7) is 4.22. The van der Waals surface area contributed by atoms with Crippen LogP contribution in [0.25, 0.3) is 0 Å². The van der Waals surface area contributed by atoms with Crippen molar-refractivity contribution in [2.24, 2.45) is 0 Å². The van der Waals surface area contributed by atoms with Gasteiger partial charge in [-0.05, 0) is 12.8 Å². The van der Waals surface area contributed by atoms with Gasteiger partial charge in [-0.3, -0.25) is 4.79 Å². The molecule has 4 heteroatoms. The van der Waals surface area contributed by atoms with E-state index in [4.69, 9.17) is 0 Å². The Bertz CT molecular complexity index is 349. The van der Waals surface area contributed by atoms with Crippen LogP contribution in [0.5, 0.6) is 0 Å². The topological polar surface area (TPSA) is 69.6 Å². The minimum Gasteiger partial charge on any atom is -0.394 e. The molecule has 0 aliphatic heterocycles. The molecule has 174 valence electrons. The lowest BCUT2D eigenvalue weighted by Crippen LogP contribution is -2.45. The van der Waals surface area contributed by atoms with Gasteiger partial charge in [0.2, 0.25) is 5.91 Å². The molecule has 0 saturated carbocycles. The molecule has 0 aliphatic carbocycles. The molecule has 3 N–H and O–H groups in total. The predicted octanol–water partition coefficient (Wildman–Crippen LogP) is 6.28. The van der Waals surface area contributed by atoms with Crippen LogP contribution in [0.2, 0.25) is 0 Å². The number of carbonyl (C=O) groups excluding carboxylic acids is 1. The number of carbonyl (C=O) groups is 1. The van der Waals surface area contributed by atoms with Gasteiger partial charge in [-0.2, -0.15) is 0 Å². The number of hydrogen-bond donors (Lipinski definition) is 3. The van der Waals surface area contributed by atoms with E-state index in [9.17, 15) is 15.0 Å². The first kappa shape index (κ1) is 28.4. The molecule has 0 rings (SSSR count). The molecule has 1 amide bonds. The Labute approximate surface area is 181 Å². The Morgan fingerprint density at radius 3 is 1.55 bits per heavy atom. The van der Waals surface area contributed by atoms with E-state index >= 15 is 0 Å². The number of unbranched alkanes of at least 4 members (excludes halogenated alkanes) is 15. The van der Waals surface area contributed by atoms with Gasteiger partial charge in [-0.1, -0.05) is 117 Å². The molecule has 0 radical (unpaired) electrons. The minimum atomic E-state index is -0.646. The molecule has 0 aliphatic rings. The van der Waals surface area contributed by atoms with Gasteiger partial charge in [-0.15, -0.1) is 0 Å². The van der Waals surface area contributed by atoms with Crippen LogP contribution < -0.4 is 5.32 Å². The van der Waals surface area contributed by atoms with E-state index in [1.54, 1.807) is 0 Å². The quantitative estimate of drug-likeness (QED) is 0.183. The normalized spacial score (nSPS) is 13.4. The van der Waals surface area contributed by atoms with Gasteiger partial charge in [0, 0.05) is 6.42 Å². The van der Waals surface area contributed by atoms with E-state index in [0.717, 1.165) is 32.1 Å². The van der Waals surface area contributed by atoms with Gasteiger partial charge >= 0.3 is 0 Å². The van der Waals surface area contributed by atoms with E-state index in [1.165, 1.54) is 77.0 Å². The van der Waals surface area contributed by atoms with Gasteiger partial charge in [0.15, 0.2) is 0 Å². The fourth-order valence-corrected chi connectivity index (χ4v) is 3.83. The second-order valence-electron chi connectivity index (χ2n) is 8.77. The Hall–Kier alpha value is -0.610. The molecular weight excluding hydrogens is 362 g/mol. The first-order chi connectivity index (χ1) is 14.2. The summed E-state index contributed by atoms with van der Waals surface area (Å²) in [6, 6.07) is -0.522. The maximum absolute atomic E-state index is 12.1. The average molecular weight is 414 g/mol. The van der Waals surface area contributed by atoms with Crippen molar-refractivity contribution in [3.05, 3.63) is 0 Å². The van der Waals surface area contributed by atoms with Gasteiger partial charge in [0.25, 0.3) is 0 Å². The number of amides is 1. The van der Waals surface area contributed by atoms with Crippen molar-refractivity contribution < 1.29 is 15.0 Å².